The maximum absolute atomic E-state index is 11.7. The molecule has 0 fully saturated rings. The average Bonchev–Trinajstić information content (AvgIpc) is 2.85. The van der Waals surface area contributed by atoms with E-state index in [0.29, 0.717) is 10.6 Å². The molecule has 104 valence electrons. The molecule has 1 amide bonds. The second kappa shape index (κ2) is 6.16. The number of aromatic hydroxyl groups is 1. The minimum absolute atomic E-state index is 0.0211. The predicted octanol–water partition coefficient (Wildman–Crippen LogP) is 1.41. The summed E-state index contributed by atoms with van der Waals surface area (Å²) in [4.78, 5) is 26.2. The van der Waals surface area contributed by atoms with Gasteiger partial charge >= 0.3 is 5.97 Å². The molecule has 0 bridgehead atoms. The van der Waals surface area contributed by atoms with Gasteiger partial charge in [-0.2, -0.15) is 0 Å². The van der Waals surface area contributed by atoms with E-state index in [2.05, 4.69) is 10.3 Å². The third-order valence-corrected chi connectivity index (χ3v) is 3.33. The van der Waals surface area contributed by atoms with Gasteiger partial charge in [0.1, 0.15) is 10.8 Å². The molecule has 0 aliphatic carbocycles. The van der Waals surface area contributed by atoms with Crippen molar-refractivity contribution in [2.45, 2.75) is 13.0 Å². The van der Waals surface area contributed by atoms with Crippen molar-refractivity contribution in [3.63, 3.8) is 0 Å². The maximum atomic E-state index is 11.7. The highest BCUT2D eigenvalue weighted by Gasteiger charge is 2.10. The zero-order chi connectivity index (χ0) is 14.5. The number of nitrogens with zero attached hydrogens (tertiary/aromatic N) is 1. The monoisotopic (exact) mass is 292 g/mol. The number of nitrogens with one attached hydrogen (secondary N) is 1. The molecule has 20 heavy (non-hydrogen) atoms. The fourth-order valence-electron chi connectivity index (χ4n) is 1.58. The lowest BCUT2D eigenvalue weighted by Gasteiger charge is -2.03. The number of carbonyl (C=O) groups is 2. The topological polar surface area (TPSA) is 99.5 Å². The first-order valence-electron chi connectivity index (χ1n) is 5.77. The molecule has 0 unspecified atom stereocenters. The number of phenols is 1. The number of hydrogen-bond acceptors (Lipinski definition) is 5. The lowest BCUT2D eigenvalue weighted by molar-refractivity contribution is -0.120. The molecule has 0 saturated heterocycles. The third-order valence-electron chi connectivity index (χ3n) is 2.48. The second-order valence-corrected chi connectivity index (χ2v) is 5.00. The number of phenolic OH excluding ortho intramolecular Hbond substituents is 1. The molecule has 0 spiro atoms. The molecule has 1 aromatic carbocycles. The molecule has 0 saturated carbocycles. The van der Waals surface area contributed by atoms with Gasteiger partial charge in [0.05, 0.1) is 13.0 Å². The quantitative estimate of drug-likeness (QED) is 0.773. The molecule has 0 atom stereocenters. The van der Waals surface area contributed by atoms with E-state index in [-0.39, 0.29) is 30.3 Å². The van der Waals surface area contributed by atoms with Crippen LogP contribution >= 0.6 is 11.3 Å². The summed E-state index contributed by atoms with van der Waals surface area (Å²) in [6.07, 6.45) is 0.144. The van der Waals surface area contributed by atoms with Gasteiger partial charge in [0, 0.05) is 5.38 Å². The summed E-state index contributed by atoms with van der Waals surface area (Å²) in [7, 11) is 0. The lowest BCUT2D eigenvalue weighted by atomic mass is 10.1. The summed E-state index contributed by atoms with van der Waals surface area (Å²) in [5.74, 6) is -1.19. The average molecular weight is 292 g/mol. The van der Waals surface area contributed by atoms with Crippen LogP contribution in [0.15, 0.2) is 29.6 Å². The van der Waals surface area contributed by atoms with Crippen molar-refractivity contribution in [2.24, 2.45) is 0 Å². The minimum atomic E-state index is -1.08. The Kier molecular flexibility index (Phi) is 4.31. The van der Waals surface area contributed by atoms with Crippen LogP contribution in [0.2, 0.25) is 0 Å². The Hall–Kier alpha value is -2.41. The highest BCUT2D eigenvalue weighted by molar-refractivity contribution is 7.09. The van der Waals surface area contributed by atoms with E-state index in [0.717, 1.165) is 0 Å². The first-order chi connectivity index (χ1) is 9.54. The van der Waals surface area contributed by atoms with E-state index in [1.165, 1.54) is 28.8 Å². The molecular weight excluding hydrogens is 280 g/mol. The predicted molar refractivity (Wildman–Crippen MR) is 72.7 cm³/mol. The number of carboxylic acids is 1. The summed E-state index contributed by atoms with van der Waals surface area (Å²) < 4.78 is 0. The van der Waals surface area contributed by atoms with Crippen molar-refractivity contribution in [1.82, 2.24) is 10.3 Å². The van der Waals surface area contributed by atoms with Gasteiger partial charge in [-0.25, -0.2) is 9.78 Å². The van der Waals surface area contributed by atoms with Crippen LogP contribution in [0.25, 0.3) is 0 Å². The molecular formula is C13H12N2O4S. The second-order valence-electron chi connectivity index (χ2n) is 4.06. The van der Waals surface area contributed by atoms with Gasteiger partial charge in [0.25, 0.3) is 0 Å². The van der Waals surface area contributed by atoms with Crippen LogP contribution in [0.1, 0.15) is 21.1 Å². The van der Waals surface area contributed by atoms with E-state index < -0.39 is 5.97 Å². The Bertz CT molecular complexity index is 639. The lowest BCUT2D eigenvalue weighted by Crippen LogP contribution is -2.24. The standard InChI is InChI=1S/C13H12N2O4S/c16-9-3-1-2-8(4-9)5-11(17)14-6-12-15-10(7-20-12)13(18)19/h1-4,7,16H,5-6H2,(H,14,17)(H,18,19). The third kappa shape index (κ3) is 3.79. The SMILES string of the molecule is O=C(Cc1cccc(O)c1)NCc1nc(C(=O)O)cs1. The zero-order valence-electron chi connectivity index (χ0n) is 10.4. The van der Waals surface area contributed by atoms with Crippen LogP contribution in [0.5, 0.6) is 5.75 Å². The molecule has 7 heteroatoms. The fraction of sp³-hybridized carbons (Fsp3) is 0.154. The molecule has 0 aliphatic heterocycles. The van der Waals surface area contributed by atoms with E-state index in [1.54, 1.807) is 12.1 Å². The van der Waals surface area contributed by atoms with Gasteiger partial charge in [-0.05, 0) is 17.7 Å². The van der Waals surface area contributed by atoms with Crippen LogP contribution in [0.3, 0.4) is 0 Å². The van der Waals surface area contributed by atoms with Crippen molar-refractivity contribution in [2.75, 3.05) is 0 Å². The van der Waals surface area contributed by atoms with E-state index in [1.807, 2.05) is 0 Å². The fourth-order valence-corrected chi connectivity index (χ4v) is 2.29. The number of thiazole rings is 1. The Morgan fingerprint density at radius 2 is 2.15 bits per heavy atom. The van der Waals surface area contributed by atoms with Crippen LogP contribution in [0.4, 0.5) is 0 Å². The van der Waals surface area contributed by atoms with E-state index in [9.17, 15) is 14.7 Å². The highest BCUT2D eigenvalue weighted by atomic mass is 32.1. The van der Waals surface area contributed by atoms with Gasteiger partial charge in [0.2, 0.25) is 5.91 Å². The van der Waals surface area contributed by atoms with Crippen molar-refractivity contribution in [3.8, 4) is 5.75 Å². The van der Waals surface area contributed by atoms with Crippen LogP contribution < -0.4 is 5.32 Å². The Morgan fingerprint density at radius 3 is 2.80 bits per heavy atom. The molecule has 0 radical (unpaired) electrons. The number of rotatable bonds is 5. The molecule has 3 N–H and O–H groups in total. The summed E-state index contributed by atoms with van der Waals surface area (Å²) in [6, 6.07) is 6.46. The first kappa shape index (κ1) is 14.0. The smallest absolute Gasteiger partial charge is 0.355 e. The normalized spacial score (nSPS) is 10.2. The van der Waals surface area contributed by atoms with Crippen molar-refractivity contribution in [3.05, 3.63) is 45.9 Å². The van der Waals surface area contributed by atoms with Crippen molar-refractivity contribution >= 4 is 23.2 Å². The molecule has 1 aromatic heterocycles. The Morgan fingerprint density at radius 1 is 1.35 bits per heavy atom. The van der Waals surface area contributed by atoms with Crippen LogP contribution in [0, 0.1) is 0 Å². The number of carbonyl (C=O) groups excluding carboxylic acids is 1. The van der Waals surface area contributed by atoms with E-state index >= 15 is 0 Å². The van der Waals surface area contributed by atoms with E-state index in [4.69, 9.17) is 5.11 Å². The highest BCUT2D eigenvalue weighted by Crippen LogP contribution is 2.12. The van der Waals surface area contributed by atoms with Crippen molar-refractivity contribution in [1.29, 1.82) is 0 Å². The molecule has 2 aromatic rings. The van der Waals surface area contributed by atoms with Gasteiger partial charge in [0.15, 0.2) is 5.69 Å². The summed E-state index contributed by atoms with van der Waals surface area (Å²) >= 11 is 1.18. The largest absolute Gasteiger partial charge is 0.508 e. The van der Waals surface area contributed by atoms with Crippen molar-refractivity contribution < 1.29 is 19.8 Å². The number of aromatic nitrogens is 1. The van der Waals surface area contributed by atoms with Crippen LogP contribution in [-0.2, 0) is 17.8 Å². The number of hydrogen-bond donors (Lipinski definition) is 3. The molecule has 0 aliphatic rings. The summed E-state index contributed by atoms with van der Waals surface area (Å²) in [5.41, 5.74) is 0.681. The summed E-state index contributed by atoms with van der Waals surface area (Å²) in [5, 5.41) is 22.6. The van der Waals surface area contributed by atoms with Gasteiger partial charge in [-0.1, -0.05) is 12.1 Å². The van der Waals surface area contributed by atoms with Gasteiger partial charge in [-0.3, -0.25) is 4.79 Å². The first-order valence-corrected chi connectivity index (χ1v) is 6.65. The Balaban J connectivity index is 1.87. The zero-order valence-corrected chi connectivity index (χ0v) is 11.2. The van der Waals surface area contributed by atoms with Crippen LogP contribution in [-0.4, -0.2) is 27.1 Å². The van der Waals surface area contributed by atoms with Gasteiger partial charge < -0.3 is 15.5 Å². The van der Waals surface area contributed by atoms with Gasteiger partial charge in [-0.15, -0.1) is 11.3 Å². The molecule has 2 rings (SSSR count). The summed E-state index contributed by atoms with van der Waals surface area (Å²) in [6.45, 7) is 0.190. The molecule has 6 nitrogen and oxygen atoms in total. The number of aromatic carboxylic acids is 1. The number of carboxylic acid groups (broad SMARTS) is 1. The number of amides is 1. The maximum Gasteiger partial charge on any atom is 0.355 e. The Labute approximate surface area is 118 Å². The molecule has 1 heterocycles. The minimum Gasteiger partial charge on any atom is -0.508 e. The number of benzene rings is 1.